The average molecular weight is 413 g/mol. The largest absolute Gasteiger partial charge is 0.351 e. The number of anilines is 1. The number of urea groups is 1. The number of thiophene rings is 1. The first-order valence-electron chi connectivity index (χ1n) is 8.91. The van der Waals surface area contributed by atoms with Crippen molar-refractivity contribution in [3.05, 3.63) is 70.4 Å². The summed E-state index contributed by atoms with van der Waals surface area (Å²) >= 11 is 3.62. The summed E-state index contributed by atoms with van der Waals surface area (Å²) in [5, 5.41) is 6.56. The lowest BCUT2D eigenvalue weighted by atomic mass is 10.1. The molecule has 1 aliphatic rings. The van der Waals surface area contributed by atoms with Gasteiger partial charge in [0.2, 0.25) is 0 Å². The molecule has 144 valence electrons. The van der Waals surface area contributed by atoms with E-state index >= 15 is 0 Å². The molecule has 8 heteroatoms. The number of carbonyl (C=O) groups excluding carboxylic acids is 2. The first kappa shape index (κ1) is 18.6. The first-order chi connectivity index (χ1) is 13.6. The average Bonchev–Trinajstić information content (AvgIpc) is 3.34. The summed E-state index contributed by atoms with van der Waals surface area (Å²) in [5.74, 6) is 1.96. The van der Waals surface area contributed by atoms with Crippen LogP contribution in [0.5, 0.6) is 0 Å². The van der Waals surface area contributed by atoms with E-state index in [1.165, 1.54) is 10.4 Å². The number of aromatic nitrogens is 1. The second-order valence-electron chi connectivity index (χ2n) is 6.45. The first-order valence-corrected chi connectivity index (χ1v) is 10.9. The maximum atomic E-state index is 13.1. The number of primary amides is 1. The molecule has 0 fully saturated rings. The van der Waals surface area contributed by atoms with Crippen LogP contribution in [0.1, 0.15) is 26.4 Å². The number of thioether (sulfide) groups is 1. The van der Waals surface area contributed by atoms with Crippen LogP contribution in [0.4, 0.5) is 10.5 Å². The van der Waals surface area contributed by atoms with Gasteiger partial charge in [0, 0.05) is 35.3 Å². The lowest BCUT2D eigenvalue weighted by molar-refractivity contribution is 0.0950. The van der Waals surface area contributed by atoms with Crippen LogP contribution in [-0.4, -0.2) is 22.3 Å². The zero-order valence-corrected chi connectivity index (χ0v) is 16.7. The molecule has 3 amide bonds. The van der Waals surface area contributed by atoms with Gasteiger partial charge in [-0.25, -0.2) is 4.79 Å². The van der Waals surface area contributed by atoms with Crippen LogP contribution >= 0.6 is 23.1 Å². The second-order valence-corrected chi connectivity index (χ2v) is 8.63. The summed E-state index contributed by atoms with van der Waals surface area (Å²) in [5.41, 5.74) is 8.67. The van der Waals surface area contributed by atoms with Crippen LogP contribution in [0, 0.1) is 0 Å². The van der Waals surface area contributed by atoms with Gasteiger partial charge in [-0.2, -0.15) is 11.8 Å². The monoisotopic (exact) mass is 412 g/mol. The van der Waals surface area contributed by atoms with Gasteiger partial charge in [0.15, 0.2) is 0 Å². The van der Waals surface area contributed by atoms with Crippen LogP contribution in [0.25, 0.3) is 5.00 Å². The Hall–Kier alpha value is -2.71. The minimum Gasteiger partial charge on any atom is -0.351 e. The molecule has 0 atom stereocenters. The van der Waals surface area contributed by atoms with Crippen LogP contribution in [0.3, 0.4) is 0 Å². The van der Waals surface area contributed by atoms with E-state index in [0.717, 1.165) is 34.1 Å². The quantitative estimate of drug-likeness (QED) is 0.596. The van der Waals surface area contributed by atoms with E-state index in [-0.39, 0.29) is 5.91 Å². The van der Waals surface area contributed by atoms with Gasteiger partial charge < -0.3 is 20.9 Å². The molecular weight excluding hydrogens is 392 g/mol. The van der Waals surface area contributed by atoms with Gasteiger partial charge in [-0.3, -0.25) is 4.79 Å². The fraction of sp³-hybridized carbons (Fsp3) is 0.200. The van der Waals surface area contributed by atoms with Crippen molar-refractivity contribution in [2.75, 3.05) is 11.1 Å². The number of fused-ring (bicyclic) bond motifs is 1. The molecule has 3 heterocycles. The minimum atomic E-state index is -0.598. The number of nitrogens with one attached hydrogen (secondary N) is 2. The van der Waals surface area contributed by atoms with Gasteiger partial charge in [0.25, 0.3) is 5.91 Å². The molecule has 4 rings (SSSR count). The summed E-state index contributed by atoms with van der Waals surface area (Å²) in [6, 6.07) is 10.6. The zero-order valence-electron chi connectivity index (χ0n) is 15.1. The Balaban J connectivity index is 1.53. The predicted molar refractivity (Wildman–Crippen MR) is 114 cm³/mol. The fourth-order valence-electron chi connectivity index (χ4n) is 3.22. The van der Waals surface area contributed by atoms with Crippen molar-refractivity contribution in [2.45, 2.75) is 18.7 Å². The third kappa shape index (κ3) is 3.93. The van der Waals surface area contributed by atoms with Crippen molar-refractivity contribution in [3.8, 4) is 5.00 Å². The lowest BCUT2D eigenvalue weighted by Crippen LogP contribution is -2.25. The van der Waals surface area contributed by atoms with Crippen molar-refractivity contribution < 1.29 is 9.59 Å². The van der Waals surface area contributed by atoms with E-state index in [1.54, 1.807) is 23.5 Å². The smallest absolute Gasteiger partial charge is 0.316 e. The van der Waals surface area contributed by atoms with E-state index < -0.39 is 6.03 Å². The predicted octanol–water partition coefficient (Wildman–Crippen LogP) is 3.75. The molecule has 6 nitrogen and oxygen atoms in total. The molecule has 3 aromatic rings. The number of rotatable bonds is 5. The molecule has 0 aliphatic carbocycles. The molecule has 2 aromatic heterocycles. The van der Waals surface area contributed by atoms with Gasteiger partial charge in [0.1, 0.15) is 5.00 Å². The molecule has 0 unspecified atom stereocenters. The highest BCUT2D eigenvalue weighted by Crippen LogP contribution is 2.38. The maximum absolute atomic E-state index is 13.1. The Morgan fingerprint density at radius 3 is 2.61 bits per heavy atom. The summed E-state index contributed by atoms with van der Waals surface area (Å²) in [6.07, 6.45) is 4.88. The van der Waals surface area contributed by atoms with Crippen molar-refractivity contribution in [3.63, 3.8) is 0 Å². The standard InChI is InChI=1S/C20H20N4O2S2/c21-20(26)23-14-5-3-13(4-6-14)11-22-18(25)17-15-7-10-27-12-16(15)28-19(17)24-8-1-2-9-24/h1-6,8-9H,7,10-12H2,(H,22,25)(H3,21,23,26). The number of hydrogen-bond acceptors (Lipinski definition) is 4. The molecule has 28 heavy (non-hydrogen) atoms. The van der Waals surface area contributed by atoms with E-state index in [4.69, 9.17) is 5.73 Å². The molecule has 0 spiro atoms. The summed E-state index contributed by atoms with van der Waals surface area (Å²) in [7, 11) is 0. The molecule has 1 aliphatic heterocycles. The molecule has 0 saturated carbocycles. The van der Waals surface area contributed by atoms with Gasteiger partial charge in [-0.05, 0) is 47.6 Å². The molecule has 4 N–H and O–H groups in total. The topological polar surface area (TPSA) is 89.2 Å². The Labute approximate surface area is 171 Å². The molecule has 0 saturated heterocycles. The Bertz CT molecular complexity index is 994. The van der Waals surface area contributed by atoms with Gasteiger partial charge >= 0.3 is 6.03 Å². The highest BCUT2D eigenvalue weighted by atomic mass is 32.2. The van der Waals surface area contributed by atoms with E-state index in [2.05, 4.69) is 10.6 Å². The number of nitrogens with zero attached hydrogens (tertiary/aromatic N) is 1. The summed E-state index contributed by atoms with van der Waals surface area (Å²) < 4.78 is 2.02. The van der Waals surface area contributed by atoms with Crippen molar-refractivity contribution in [1.82, 2.24) is 9.88 Å². The van der Waals surface area contributed by atoms with Gasteiger partial charge in [-0.1, -0.05) is 12.1 Å². The van der Waals surface area contributed by atoms with Crippen molar-refractivity contribution >= 4 is 40.7 Å². The third-order valence-electron chi connectivity index (χ3n) is 4.54. The highest BCUT2D eigenvalue weighted by Gasteiger charge is 2.26. The summed E-state index contributed by atoms with van der Waals surface area (Å²) in [6.45, 7) is 0.417. The molecule has 0 radical (unpaired) electrons. The highest BCUT2D eigenvalue weighted by molar-refractivity contribution is 7.98. The molecule has 1 aromatic carbocycles. The zero-order chi connectivity index (χ0) is 19.5. The third-order valence-corrected chi connectivity index (χ3v) is 6.96. The SMILES string of the molecule is NC(=O)Nc1ccc(CNC(=O)c2c(-n3cccc3)sc3c2CCSC3)cc1. The number of benzene rings is 1. The Morgan fingerprint density at radius 2 is 1.89 bits per heavy atom. The number of carbonyl (C=O) groups is 2. The number of nitrogens with two attached hydrogens (primary N) is 1. The van der Waals surface area contributed by atoms with E-state index in [1.807, 2.05) is 53.0 Å². The maximum Gasteiger partial charge on any atom is 0.316 e. The fourth-order valence-corrected chi connectivity index (χ4v) is 5.67. The van der Waals surface area contributed by atoms with Crippen LogP contribution < -0.4 is 16.4 Å². The Morgan fingerprint density at radius 1 is 1.14 bits per heavy atom. The normalized spacial score (nSPS) is 13.0. The molecular formula is C20H20N4O2S2. The van der Waals surface area contributed by atoms with Gasteiger partial charge in [0.05, 0.1) is 5.56 Å². The van der Waals surface area contributed by atoms with Gasteiger partial charge in [-0.15, -0.1) is 11.3 Å². The van der Waals surface area contributed by atoms with Crippen molar-refractivity contribution in [2.24, 2.45) is 5.73 Å². The van der Waals surface area contributed by atoms with E-state index in [0.29, 0.717) is 12.2 Å². The number of amides is 3. The minimum absolute atomic E-state index is 0.0487. The lowest BCUT2D eigenvalue weighted by Gasteiger charge is -2.13. The van der Waals surface area contributed by atoms with E-state index in [9.17, 15) is 9.59 Å². The van der Waals surface area contributed by atoms with Crippen LogP contribution in [0.15, 0.2) is 48.8 Å². The van der Waals surface area contributed by atoms with Crippen LogP contribution in [0.2, 0.25) is 0 Å². The molecule has 0 bridgehead atoms. The Kier molecular flexibility index (Phi) is 5.40. The van der Waals surface area contributed by atoms with Crippen molar-refractivity contribution in [1.29, 1.82) is 0 Å². The van der Waals surface area contributed by atoms with Crippen LogP contribution in [-0.2, 0) is 18.7 Å². The summed E-state index contributed by atoms with van der Waals surface area (Å²) in [4.78, 5) is 25.3. The number of hydrogen-bond donors (Lipinski definition) is 3. The second kappa shape index (κ2) is 8.12.